The first kappa shape index (κ1) is 22.5. The second kappa shape index (κ2) is 8.90. The molecule has 160 valence electrons. The number of rotatable bonds is 6. The molecule has 31 heavy (non-hydrogen) atoms. The number of nitriles is 1. The van der Waals surface area contributed by atoms with Crippen molar-refractivity contribution in [1.29, 1.82) is 5.26 Å². The highest BCUT2D eigenvalue weighted by Crippen LogP contribution is 2.33. The molecule has 1 aliphatic rings. The highest BCUT2D eigenvalue weighted by Gasteiger charge is 2.50. The van der Waals surface area contributed by atoms with Crippen molar-refractivity contribution in [2.45, 2.75) is 32.7 Å². The minimum absolute atomic E-state index is 0.132. The first-order valence-corrected chi connectivity index (χ1v) is 10.6. The van der Waals surface area contributed by atoms with E-state index in [1.54, 1.807) is 25.1 Å². The van der Waals surface area contributed by atoms with Crippen LogP contribution in [-0.4, -0.2) is 35.8 Å². The van der Waals surface area contributed by atoms with Gasteiger partial charge in [-0.05, 0) is 50.1 Å². The standard InChI is InChI=1S/C23H23BrN4O3/c1-15-11-16(2)13-17(12-15)27(10-6-9-25)20(29)14-28-21(30)23(3,26-22(28)31)18-7-4-5-8-19(18)24/h4-5,7-8,11-13H,6,10,14H2,1-3H3,(H,26,31). The monoisotopic (exact) mass is 482 g/mol. The van der Waals surface area contributed by atoms with Crippen LogP contribution in [-0.2, 0) is 15.1 Å². The summed E-state index contributed by atoms with van der Waals surface area (Å²) in [5.41, 5.74) is 1.91. The van der Waals surface area contributed by atoms with Crippen molar-refractivity contribution in [1.82, 2.24) is 10.2 Å². The van der Waals surface area contributed by atoms with Gasteiger partial charge in [0.15, 0.2) is 0 Å². The molecule has 0 aromatic heterocycles. The number of carbonyl (C=O) groups is 3. The number of halogens is 1. The lowest BCUT2D eigenvalue weighted by Gasteiger charge is -2.26. The van der Waals surface area contributed by atoms with Crippen molar-refractivity contribution in [2.24, 2.45) is 0 Å². The number of nitrogens with zero attached hydrogens (tertiary/aromatic N) is 3. The summed E-state index contributed by atoms with van der Waals surface area (Å²) in [6, 6.07) is 14.2. The topological polar surface area (TPSA) is 93.5 Å². The summed E-state index contributed by atoms with van der Waals surface area (Å²) in [7, 11) is 0. The van der Waals surface area contributed by atoms with Crippen LogP contribution < -0.4 is 10.2 Å². The Bertz CT molecular complexity index is 1070. The molecule has 1 atom stereocenters. The second-order valence-electron chi connectivity index (χ2n) is 7.73. The molecule has 1 saturated heterocycles. The number of carbonyl (C=O) groups excluding carboxylic acids is 3. The lowest BCUT2D eigenvalue weighted by molar-refractivity contribution is -0.134. The van der Waals surface area contributed by atoms with E-state index >= 15 is 0 Å². The van der Waals surface area contributed by atoms with Gasteiger partial charge in [-0.15, -0.1) is 0 Å². The number of imide groups is 1. The Morgan fingerprint density at radius 3 is 2.45 bits per heavy atom. The number of hydrogen-bond donors (Lipinski definition) is 1. The third kappa shape index (κ3) is 4.47. The predicted octanol–water partition coefficient (Wildman–Crippen LogP) is 3.78. The van der Waals surface area contributed by atoms with Crippen LogP contribution in [0.2, 0.25) is 0 Å². The SMILES string of the molecule is Cc1cc(C)cc(N(CCC#N)C(=O)CN2C(=O)NC(C)(c3ccccc3Br)C2=O)c1. The van der Waals surface area contributed by atoms with E-state index in [4.69, 9.17) is 5.26 Å². The average molecular weight is 483 g/mol. The van der Waals surface area contributed by atoms with Gasteiger partial charge in [0.25, 0.3) is 5.91 Å². The van der Waals surface area contributed by atoms with Gasteiger partial charge in [-0.2, -0.15) is 5.26 Å². The third-order valence-corrected chi connectivity index (χ3v) is 5.94. The molecule has 0 bridgehead atoms. The first-order chi connectivity index (χ1) is 14.7. The van der Waals surface area contributed by atoms with Crippen molar-refractivity contribution < 1.29 is 14.4 Å². The van der Waals surface area contributed by atoms with Crippen LogP contribution in [0.15, 0.2) is 46.9 Å². The summed E-state index contributed by atoms with van der Waals surface area (Å²) in [6.45, 7) is 5.22. The molecule has 1 fully saturated rings. The predicted molar refractivity (Wildman–Crippen MR) is 120 cm³/mol. The van der Waals surface area contributed by atoms with E-state index in [1.165, 1.54) is 4.90 Å². The van der Waals surface area contributed by atoms with Gasteiger partial charge in [0.1, 0.15) is 12.1 Å². The number of aryl methyl sites for hydroxylation is 2. The highest BCUT2D eigenvalue weighted by molar-refractivity contribution is 9.10. The molecule has 2 aromatic carbocycles. The molecule has 4 amide bonds. The Balaban J connectivity index is 1.88. The van der Waals surface area contributed by atoms with Gasteiger partial charge in [0.05, 0.1) is 12.5 Å². The van der Waals surface area contributed by atoms with Crippen LogP contribution in [0.5, 0.6) is 0 Å². The van der Waals surface area contributed by atoms with Crippen LogP contribution in [0.25, 0.3) is 0 Å². The number of amides is 4. The van der Waals surface area contributed by atoms with Gasteiger partial charge < -0.3 is 10.2 Å². The van der Waals surface area contributed by atoms with E-state index in [0.29, 0.717) is 15.7 Å². The van der Waals surface area contributed by atoms with Crippen LogP contribution in [0.1, 0.15) is 30.0 Å². The van der Waals surface area contributed by atoms with Gasteiger partial charge in [-0.1, -0.05) is 40.2 Å². The molecule has 2 aromatic rings. The fourth-order valence-corrected chi connectivity index (χ4v) is 4.46. The molecule has 0 saturated carbocycles. The van der Waals surface area contributed by atoms with E-state index in [0.717, 1.165) is 16.0 Å². The molecule has 3 rings (SSSR count). The van der Waals surface area contributed by atoms with Crippen LogP contribution in [0, 0.1) is 25.2 Å². The molecule has 1 heterocycles. The second-order valence-corrected chi connectivity index (χ2v) is 8.58. The van der Waals surface area contributed by atoms with Crippen molar-refractivity contribution in [2.75, 3.05) is 18.0 Å². The van der Waals surface area contributed by atoms with Gasteiger partial charge in [-0.3, -0.25) is 14.5 Å². The molecule has 1 unspecified atom stereocenters. The molecule has 0 spiro atoms. The van der Waals surface area contributed by atoms with Crippen molar-refractivity contribution in [3.63, 3.8) is 0 Å². The number of nitrogens with one attached hydrogen (secondary N) is 1. The van der Waals surface area contributed by atoms with Crippen LogP contribution in [0.3, 0.4) is 0 Å². The Kier molecular flexibility index (Phi) is 6.46. The average Bonchev–Trinajstić information content (AvgIpc) is 2.91. The fourth-order valence-electron chi connectivity index (χ4n) is 3.78. The number of urea groups is 1. The Morgan fingerprint density at radius 2 is 1.84 bits per heavy atom. The number of benzene rings is 2. The van der Waals surface area contributed by atoms with E-state index in [-0.39, 0.29) is 13.0 Å². The summed E-state index contributed by atoms with van der Waals surface area (Å²) in [5, 5.41) is 11.7. The van der Waals surface area contributed by atoms with Gasteiger partial charge in [0.2, 0.25) is 5.91 Å². The number of hydrogen-bond acceptors (Lipinski definition) is 4. The summed E-state index contributed by atoms with van der Waals surface area (Å²) < 4.78 is 0.685. The molecular weight excluding hydrogens is 460 g/mol. The van der Waals surface area contributed by atoms with E-state index in [2.05, 4.69) is 21.2 Å². The zero-order valence-electron chi connectivity index (χ0n) is 17.6. The van der Waals surface area contributed by atoms with Crippen molar-refractivity contribution in [3.8, 4) is 6.07 Å². The summed E-state index contributed by atoms with van der Waals surface area (Å²) in [4.78, 5) is 41.4. The molecule has 7 nitrogen and oxygen atoms in total. The highest BCUT2D eigenvalue weighted by atomic mass is 79.9. The maximum absolute atomic E-state index is 13.2. The van der Waals surface area contributed by atoms with Crippen LogP contribution in [0.4, 0.5) is 10.5 Å². The number of anilines is 1. The lowest BCUT2D eigenvalue weighted by Crippen LogP contribution is -2.45. The Hall–Kier alpha value is -3.18. The zero-order chi connectivity index (χ0) is 22.8. The molecule has 0 aliphatic carbocycles. The molecule has 8 heteroatoms. The smallest absolute Gasteiger partial charge is 0.319 e. The van der Waals surface area contributed by atoms with Gasteiger partial charge in [-0.25, -0.2) is 4.79 Å². The Labute approximate surface area is 189 Å². The zero-order valence-corrected chi connectivity index (χ0v) is 19.2. The maximum atomic E-state index is 13.2. The van der Waals surface area contributed by atoms with Crippen molar-refractivity contribution in [3.05, 3.63) is 63.6 Å². The van der Waals surface area contributed by atoms with E-state index < -0.39 is 29.9 Å². The molecular formula is C23H23BrN4O3. The van der Waals surface area contributed by atoms with E-state index in [9.17, 15) is 14.4 Å². The first-order valence-electron chi connectivity index (χ1n) is 9.82. The lowest BCUT2D eigenvalue weighted by atomic mass is 9.92. The quantitative estimate of drug-likeness (QED) is 0.633. The summed E-state index contributed by atoms with van der Waals surface area (Å²) in [6.07, 6.45) is 0.132. The van der Waals surface area contributed by atoms with Crippen LogP contribution >= 0.6 is 15.9 Å². The fraction of sp³-hybridized carbons (Fsp3) is 0.304. The van der Waals surface area contributed by atoms with E-state index in [1.807, 2.05) is 44.2 Å². The minimum atomic E-state index is -1.28. The molecule has 0 radical (unpaired) electrons. The molecule has 1 N–H and O–H groups in total. The summed E-state index contributed by atoms with van der Waals surface area (Å²) in [5.74, 6) is -0.932. The summed E-state index contributed by atoms with van der Waals surface area (Å²) >= 11 is 3.43. The van der Waals surface area contributed by atoms with Gasteiger partial charge >= 0.3 is 6.03 Å². The minimum Gasteiger partial charge on any atom is -0.319 e. The normalized spacial score (nSPS) is 18.0. The third-order valence-electron chi connectivity index (χ3n) is 5.25. The van der Waals surface area contributed by atoms with Gasteiger partial charge in [0, 0.05) is 22.3 Å². The van der Waals surface area contributed by atoms with Crippen molar-refractivity contribution >= 4 is 39.5 Å². The Morgan fingerprint density at radius 1 is 1.19 bits per heavy atom. The molecule has 1 aliphatic heterocycles. The largest absolute Gasteiger partial charge is 0.325 e. The maximum Gasteiger partial charge on any atom is 0.325 e.